The first-order valence-corrected chi connectivity index (χ1v) is 8.21. The number of fused-ring (bicyclic) bond motifs is 1. The largest absolute Gasteiger partial charge is 0.289 e. The minimum Gasteiger partial charge on any atom is -0.289 e. The molecular weight excluding hydrogens is 250 g/mol. The molecule has 0 atom stereocenters. The van der Waals surface area contributed by atoms with Crippen molar-refractivity contribution in [3.05, 3.63) is 48.0 Å². The van der Waals surface area contributed by atoms with Gasteiger partial charge in [-0.1, -0.05) is 42.5 Å². The van der Waals surface area contributed by atoms with Gasteiger partial charge in [0.1, 0.15) is 0 Å². The van der Waals surface area contributed by atoms with E-state index in [2.05, 4.69) is 0 Å². The van der Waals surface area contributed by atoms with E-state index < -0.39 is 5.85 Å². The Bertz CT molecular complexity index is 533. The van der Waals surface area contributed by atoms with Crippen LogP contribution in [0.2, 0.25) is 0 Å². The number of rotatable bonds is 2. The van der Waals surface area contributed by atoms with Crippen molar-refractivity contribution < 1.29 is 4.57 Å². The summed E-state index contributed by atoms with van der Waals surface area (Å²) in [6, 6.07) is 13.8. The zero-order chi connectivity index (χ0) is 10.9. The minimum atomic E-state index is -3.02. The lowest BCUT2D eigenvalue weighted by Crippen LogP contribution is -1.81. The number of hydrogen-bond acceptors (Lipinski definition) is 1. The smallest absolute Gasteiger partial charge is 0.257 e. The van der Waals surface area contributed by atoms with Crippen LogP contribution in [0.4, 0.5) is 0 Å². The summed E-state index contributed by atoms with van der Waals surface area (Å²) in [5, 5.41) is 2.26. The Morgan fingerprint density at radius 1 is 1.00 bits per heavy atom. The Balaban J connectivity index is 2.43. The summed E-state index contributed by atoms with van der Waals surface area (Å²) in [5.41, 5.74) is 0.905. The van der Waals surface area contributed by atoms with Crippen LogP contribution in [0.1, 0.15) is 5.56 Å². The Morgan fingerprint density at radius 3 is 2.33 bits per heavy atom. The Morgan fingerprint density at radius 2 is 1.67 bits per heavy atom. The summed E-state index contributed by atoms with van der Waals surface area (Å²) in [6.07, 6.45) is 0.223. The molecule has 4 heteroatoms. The predicted octanol–water partition coefficient (Wildman–Crippen LogP) is 5.01. The third-order valence-electron chi connectivity index (χ3n) is 2.18. The lowest BCUT2D eigenvalue weighted by molar-refractivity contribution is 0.592. The molecule has 0 N–H and O–H groups in total. The number of benzene rings is 2. The van der Waals surface area contributed by atoms with Crippen LogP contribution in [0, 0.1) is 0 Å². The van der Waals surface area contributed by atoms with Gasteiger partial charge in [-0.25, -0.2) is 0 Å². The topological polar surface area (TPSA) is 17.1 Å². The Hall–Kier alpha value is -0.490. The maximum Gasteiger partial charge on any atom is 0.257 e. The molecule has 2 aromatic carbocycles. The molecule has 0 aliphatic heterocycles. The van der Waals surface area contributed by atoms with Gasteiger partial charge in [-0.15, -0.1) is 0 Å². The van der Waals surface area contributed by atoms with Crippen LogP contribution in [-0.2, 0) is 10.7 Å². The quantitative estimate of drug-likeness (QED) is 0.692. The SMILES string of the molecule is O=P(Cl)(Cl)Cc1ccc2ccccc2c1. The summed E-state index contributed by atoms with van der Waals surface area (Å²) < 4.78 is 11.3. The molecule has 1 nitrogen and oxygen atoms in total. The maximum atomic E-state index is 11.3. The van der Waals surface area contributed by atoms with E-state index in [4.69, 9.17) is 22.5 Å². The highest BCUT2D eigenvalue weighted by atomic mass is 35.9. The average Bonchev–Trinajstić information content (AvgIpc) is 2.15. The Kier molecular flexibility index (Phi) is 3.06. The van der Waals surface area contributed by atoms with Gasteiger partial charge in [-0.3, -0.25) is 4.57 Å². The van der Waals surface area contributed by atoms with Crippen LogP contribution in [0.5, 0.6) is 0 Å². The molecule has 78 valence electrons. The fraction of sp³-hybridized carbons (Fsp3) is 0.0909. The monoisotopic (exact) mass is 258 g/mol. The fourth-order valence-electron chi connectivity index (χ4n) is 1.55. The van der Waals surface area contributed by atoms with Crippen molar-refractivity contribution >= 4 is 39.1 Å². The van der Waals surface area contributed by atoms with E-state index in [1.807, 2.05) is 42.5 Å². The van der Waals surface area contributed by atoms with Crippen molar-refractivity contribution in [2.24, 2.45) is 0 Å². The van der Waals surface area contributed by atoms with Crippen molar-refractivity contribution in [2.45, 2.75) is 6.16 Å². The van der Waals surface area contributed by atoms with Gasteiger partial charge in [0.15, 0.2) is 0 Å². The highest BCUT2D eigenvalue weighted by Gasteiger charge is 2.14. The predicted molar refractivity (Wildman–Crippen MR) is 67.0 cm³/mol. The first kappa shape index (κ1) is 11.0. The van der Waals surface area contributed by atoms with Crippen LogP contribution >= 0.6 is 28.3 Å². The van der Waals surface area contributed by atoms with Crippen molar-refractivity contribution in [3.63, 3.8) is 0 Å². The van der Waals surface area contributed by atoms with Gasteiger partial charge < -0.3 is 0 Å². The van der Waals surface area contributed by atoms with E-state index in [1.165, 1.54) is 0 Å². The standard InChI is InChI=1S/C11H9Cl2OP/c12-15(13,14)8-9-5-6-10-3-1-2-4-11(10)7-9/h1-7H,8H2. The lowest BCUT2D eigenvalue weighted by Gasteiger charge is -2.04. The molecule has 0 saturated carbocycles. The normalized spacial score (nSPS) is 11.9. The highest BCUT2D eigenvalue weighted by molar-refractivity contribution is 8.08. The first-order chi connectivity index (χ1) is 7.04. The van der Waals surface area contributed by atoms with Gasteiger partial charge in [0.25, 0.3) is 5.85 Å². The molecule has 15 heavy (non-hydrogen) atoms. The highest BCUT2D eigenvalue weighted by Crippen LogP contribution is 2.59. The molecule has 0 aromatic heterocycles. The molecule has 2 aromatic rings. The van der Waals surface area contributed by atoms with E-state index in [0.29, 0.717) is 0 Å². The molecule has 2 rings (SSSR count). The van der Waals surface area contributed by atoms with Gasteiger partial charge in [0, 0.05) is 0 Å². The van der Waals surface area contributed by atoms with Crippen LogP contribution < -0.4 is 0 Å². The minimum absolute atomic E-state index is 0.223. The molecule has 0 saturated heterocycles. The molecular formula is C11H9Cl2OP. The molecule has 0 heterocycles. The second-order valence-electron chi connectivity index (χ2n) is 3.41. The van der Waals surface area contributed by atoms with Crippen molar-refractivity contribution in [1.29, 1.82) is 0 Å². The molecule has 0 radical (unpaired) electrons. The van der Waals surface area contributed by atoms with Crippen LogP contribution in [-0.4, -0.2) is 0 Å². The van der Waals surface area contributed by atoms with E-state index in [-0.39, 0.29) is 6.16 Å². The first-order valence-electron chi connectivity index (χ1n) is 4.51. The van der Waals surface area contributed by atoms with Gasteiger partial charge in [-0.05, 0) is 38.8 Å². The third kappa shape index (κ3) is 2.98. The van der Waals surface area contributed by atoms with Crippen molar-refractivity contribution in [1.82, 2.24) is 0 Å². The molecule has 0 bridgehead atoms. The molecule has 0 unspecified atom stereocenters. The average molecular weight is 259 g/mol. The number of halogens is 2. The van der Waals surface area contributed by atoms with E-state index in [0.717, 1.165) is 16.3 Å². The van der Waals surface area contributed by atoms with Gasteiger partial charge in [0.05, 0.1) is 6.16 Å². The van der Waals surface area contributed by atoms with E-state index in [1.54, 1.807) is 0 Å². The Labute approximate surface area is 98.0 Å². The molecule has 0 amide bonds. The fourth-order valence-corrected chi connectivity index (χ4v) is 3.00. The van der Waals surface area contributed by atoms with Gasteiger partial charge in [0.2, 0.25) is 0 Å². The van der Waals surface area contributed by atoms with Gasteiger partial charge in [-0.2, -0.15) is 0 Å². The maximum absolute atomic E-state index is 11.3. The molecule has 0 aliphatic carbocycles. The summed E-state index contributed by atoms with van der Waals surface area (Å²) >= 11 is 11.1. The van der Waals surface area contributed by atoms with Crippen LogP contribution in [0.3, 0.4) is 0 Å². The lowest BCUT2D eigenvalue weighted by atomic mass is 10.1. The summed E-state index contributed by atoms with van der Waals surface area (Å²) in [4.78, 5) is 0. The van der Waals surface area contributed by atoms with Crippen LogP contribution in [0.25, 0.3) is 10.8 Å². The summed E-state index contributed by atoms with van der Waals surface area (Å²) in [5.74, 6) is -3.02. The number of hydrogen-bond donors (Lipinski definition) is 0. The van der Waals surface area contributed by atoms with Gasteiger partial charge >= 0.3 is 0 Å². The second-order valence-corrected chi connectivity index (χ2v) is 8.66. The second kappa shape index (κ2) is 4.17. The van der Waals surface area contributed by atoms with Crippen LogP contribution in [0.15, 0.2) is 42.5 Å². The zero-order valence-electron chi connectivity index (χ0n) is 7.86. The van der Waals surface area contributed by atoms with E-state index in [9.17, 15) is 4.57 Å². The molecule has 0 fully saturated rings. The molecule has 0 aliphatic rings. The van der Waals surface area contributed by atoms with Crippen molar-refractivity contribution in [3.8, 4) is 0 Å². The van der Waals surface area contributed by atoms with E-state index >= 15 is 0 Å². The van der Waals surface area contributed by atoms with Crippen molar-refractivity contribution in [2.75, 3.05) is 0 Å². The summed E-state index contributed by atoms with van der Waals surface area (Å²) in [6.45, 7) is 0. The summed E-state index contributed by atoms with van der Waals surface area (Å²) in [7, 11) is 0. The third-order valence-corrected chi connectivity index (χ3v) is 3.63. The zero-order valence-corrected chi connectivity index (χ0v) is 10.3. The molecule has 0 spiro atoms.